The van der Waals surface area contributed by atoms with Gasteiger partial charge in [0.25, 0.3) is 0 Å². The molecule has 28 heavy (non-hydrogen) atoms. The maximum Gasteiger partial charge on any atom is 0.225 e. The summed E-state index contributed by atoms with van der Waals surface area (Å²) in [5, 5.41) is 0. The SMILES string of the molecule is CCCC1CN(c2ncc(C#Cc3ccc(C)cc3)cn2)CCN1C1COC1. The molecule has 0 spiro atoms. The summed E-state index contributed by atoms with van der Waals surface area (Å²) in [6.45, 7) is 9.10. The molecule has 146 valence electrons. The second kappa shape index (κ2) is 8.72. The van der Waals surface area contributed by atoms with E-state index in [9.17, 15) is 0 Å². The first kappa shape index (κ1) is 18.9. The number of aromatic nitrogens is 2. The molecule has 1 unspecified atom stereocenters. The van der Waals surface area contributed by atoms with Gasteiger partial charge >= 0.3 is 0 Å². The van der Waals surface area contributed by atoms with Crippen molar-refractivity contribution in [2.75, 3.05) is 37.7 Å². The minimum Gasteiger partial charge on any atom is -0.378 e. The lowest BCUT2D eigenvalue weighted by atomic mass is 10.0. The van der Waals surface area contributed by atoms with Gasteiger partial charge in [0, 0.05) is 43.6 Å². The van der Waals surface area contributed by atoms with Gasteiger partial charge in [-0.25, -0.2) is 9.97 Å². The molecule has 5 nitrogen and oxygen atoms in total. The van der Waals surface area contributed by atoms with Gasteiger partial charge in [0.05, 0.1) is 24.8 Å². The standard InChI is InChI=1S/C23H28N4O/c1-3-4-21-15-26(11-12-27(21)22-16-28-17-22)23-24-13-20(14-25-23)10-9-19-7-5-18(2)6-8-19/h5-8,13-14,21-22H,3-4,11-12,15-17H2,1-2H3. The van der Waals surface area contributed by atoms with Crippen LogP contribution in [0, 0.1) is 18.8 Å². The summed E-state index contributed by atoms with van der Waals surface area (Å²) in [7, 11) is 0. The summed E-state index contributed by atoms with van der Waals surface area (Å²) >= 11 is 0. The summed E-state index contributed by atoms with van der Waals surface area (Å²) in [6.07, 6.45) is 6.07. The number of hydrogen-bond donors (Lipinski definition) is 0. The lowest BCUT2D eigenvalue weighted by Gasteiger charge is -2.47. The zero-order valence-corrected chi connectivity index (χ0v) is 16.8. The van der Waals surface area contributed by atoms with Gasteiger partial charge in [0.1, 0.15) is 0 Å². The van der Waals surface area contributed by atoms with Crippen LogP contribution in [-0.2, 0) is 4.74 Å². The molecule has 3 heterocycles. The van der Waals surface area contributed by atoms with Crippen molar-refractivity contribution in [3.8, 4) is 11.8 Å². The number of benzene rings is 1. The van der Waals surface area contributed by atoms with Crippen LogP contribution in [0.15, 0.2) is 36.7 Å². The van der Waals surface area contributed by atoms with Crippen molar-refractivity contribution in [2.45, 2.75) is 38.8 Å². The van der Waals surface area contributed by atoms with E-state index in [1.807, 2.05) is 24.5 Å². The zero-order valence-electron chi connectivity index (χ0n) is 16.8. The van der Waals surface area contributed by atoms with Gasteiger partial charge in [-0.3, -0.25) is 4.90 Å². The number of rotatable bonds is 4. The quantitative estimate of drug-likeness (QED) is 0.768. The smallest absolute Gasteiger partial charge is 0.225 e. The van der Waals surface area contributed by atoms with Crippen LogP contribution < -0.4 is 4.90 Å². The van der Waals surface area contributed by atoms with E-state index in [1.165, 1.54) is 18.4 Å². The van der Waals surface area contributed by atoms with E-state index in [0.717, 1.165) is 49.9 Å². The first-order chi connectivity index (χ1) is 13.7. The molecule has 0 N–H and O–H groups in total. The molecule has 1 aromatic heterocycles. The number of ether oxygens (including phenoxy) is 1. The zero-order chi connectivity index (χ0) is 19.3. The van der Waals surface area contributed by atoms with E-state index in [4.69, 9.17) is 4.74 Å². The number of aryl methyl sites for hydroxylation is 1. The fourth-order valence-electron chi connectivity index (χ4n) is 3.87. The van der Waals surface area contributed by atoms with E-state index >= 15 is 0 Å². The summed E-state index contributed by atoms with van der Waals surface area (Å²) in [6, 6.07) is 9.38. The van der Waals surface area contributed by atoms with Crippen molar-refractivity contribution in [1.29, 1.82) is 0 Å². The molecule has 2 aliphatic rings. The highest BCUT2D eigenvalue weighted by Crippen LogP contribution is 2.23. The van der Waals surface area contributed by atoms with E-state index in [-0.39, 0.29) is 0 Å². The molecule has 2 fully saturated rings. The van der Waals surface area contributed by atoms with Crippen LogP contribution in [0.3, 0.4) is 0 Å². The van der Waals surface area contributed by atoms with Crippen molar-refractivity contribution < 1.29 is 4.74 Å². The van der Waals surface area contributed by atoms with Gasteiger partial charge in [-0.2, -0.15) is 0 Å². The molecule has 0 aliphatic carbocycles. The summed E-state index contributed by atoms with van der Waals surface area (Å²) < 4.78 is 5.41. The highest BCUT2D eigenvalue weighted by molar-refractivity contribution is 5.43. The second-order valence-corrected chi connectivity index (χ2v) is 7.71. The normalized spacial score (nSPS) is 20.4. The third kappa shape index (κ3) is 4.35. The molecule has 1 aromatic carbocycles. The van der Waals surface area contributed by atoms with Crippen molar-refractivity contribution in [2.24, 2.45) is 0 Å². The molecular weight excluding hydrogens is 348 g/mol. The molecule has 2 aliphatic heterocycles. The Morgan fingerprint density at radius 2 is 1.75 bits per heavy atom. The molecule has 2 saturated heterocycles. The Kier molecular flexibility index (Phi) is 5.90. The molecule has 5 heteroatoms. The molecule has 1 atom stereocenters. The number of nitrogens with zero attached hydrogens (tertiary/aromatic N) is 4. The van der Waals surface area contributed by atoms with Crippen molar-refractivity contribution >= 4 is 5.95 Å². The van der Waals surface area contributed by atoms with Crippen LogP contribution in [0.4, 0.5) is 5.95 Å². The molecule has 0 bridgehead atoms. The van der Waals surface area contributed by atoms with Crippen LogP contribution >= 0.6 is 0 Å². The van der Waals surface area contributed by atoms with Gasteiger partial charge in [0.15, 0.2) is 0 Å². The van der Waals surface area contributed by atoms with Crippen LogP contribution in [0.5, 0.6) is 0 Å². The van der Waals surface area contributed by atoms with Crippen molar-refractivity contribution in [3.05, 3.63) is 53.3 Å². The Labute approximate surface area is 167 Å². The molecule has 0 amide bonds. The van der Waals surface area contributed by atoms with E-state index < -0.39 is 0 Å². The summed E-state index contributed by atoms with van der Waals surface area (Å²) in [5.74, 6) is 7.15. The van der Waals surface area contributed by atoms with E-state index in [0.29, 0.717) is 12.1 Å². The van der Waals surface area contributed by atoms with Crippen LogP contribution in [0.1, 0.15) is 36.5 Å². The number of hydrogen-bond acceptors (Lipinski definition) is 5. The van der Waals surface area contributed by atoms with Crippen molar-refractivity contribution in [1.82, 2.24) is 14.9 Å². The highest BCUT2D eigenvalue weighted by Gasteiger charge is 2.35. The predicted octanol–water partition coefficient (Wildman–Crippen LogP) is 2.87. The van der Waals surface area contributed by atoms with Crippen LogP contribution in [0.25, 0.3) is 0 Å². The van der Waals surface area contributed by atoms with E-state index in [2.05, 4.69) is 57.6 Å². The van der Waals surface area contributed by atoms with E-state index in [1.54, 1.807) is 0 Å². The predicted molar refractivity (Wildman–Crippen MR) is 111 cm³/mol. The average Bonchev–Trinajstić information content (AvgIpc) is 2.68. The van der Waals surface area contributed by atoms with Gasteiger partial charge in [-0.15, -0.1) is 0 Å². The Hall–Kier alpha value is -2.42. The fourth-order valence-corrected chi connectivity index (χ4v) is 3.87. The third-order valence-corrected chi connectivity index (χ3v) is 5.56. The summed E-state index contributed by atoms with van der Waals surface area (Å²) in [4.78, 5) is 14.1. The molecular formula is C23H28N4O. The monoisotopic (exact) mass is 376 g/mol. The first-order valence-electron chi connectivity index (χ1n) is 10.2. The van der Waals surface area contributed by atoms with Gasteiger partial charge < -0.3 is 9.64 Å². The maximum atomic E-state index is 5.41. The average molecular weight is 377 g/mol. The Bertz CT molecular complexity index is 834. The van der Waals surface area contributed by atoms with Crippen LogP contribution in [-0.4, -0.2) is 59.8 Å². The summed E-state index contributed by atoms with van der Waals surface area (Å²) in [5.41, 5.74) is 3.09. The maximum absolute atomic E-state index is 5.41. The minimum absolute atomic E-state index is 0.553. The van der Waals surface area contributed by atoms with Gasteiger partial charge in [-0.05, 0) is 25.5 Å². The number of anilines is 1. The molecule has 0 radical (unpaired) electrons. The number of piperazine rings is 1. The Morgan fingerprint density at radius 1 is 1.04 bits per heavy atom. The Balaban J connectivity index is 1.41. The topological polar surface area (TPSA) is 41.5 Å². The van der Waals surface area contributed by atoms with Crippen LogP contribution in [0.2, 0.25) is 0 Å². The van der Waals surface area contributed by atoms with Gasteiger partial charge in [0.2, 0.25) is 5.95 Å². The molecule has 4 rings (SSSR count). The third-order valence-electron chi connectivity index (χ3n) is 5.56. The van der Waals surface area contributed by atoms with Gasteiger partial charge in [-0.1, -0.05) is 42.9 Å². The fraction of sp³-hybridized carbons (Fsp3) is 0.478. The molecule has 2 aromatic rings. The first-order valence-corrected chi connectivity index (χ1v) is 10.2. The molecule has 0 saturated carbocycles. The van der Waals surface area contributed by atoms with Crippen molar-refractivity contribution in [3.63, 3.8) is 0 Å². The second-order valence-electron chi connectivity index (χ2n) is 7.71. The highest BCUT2D eigenvalue weighted by atomic mass is 16.5. The minimum atomic E-state index is 0.553. The largest absolute Gasteiger partial charge is 0.378 e. The lowest BCUT2D eigenvalue weighted by molar-refractivity contribution is -0.0829. The lowest BCUT2D eigenvalue weighted by Crippen LogP contribution is -2.61. The Morgan fingerprint density at radius 3 is 2.39 bits per heavy atom.